The summed E-state index contributed by atoms with van der Waals surface area (Å²) in [6, 6.07) is 5.67. The minimum Gasteiger partial charge on any atom is -0.349 e. The Kier molecular flexibility index (Phi) is 4.96. The van der Waals surface area contributed by atoms with E-state index >= 15 is 0 Å². The molecular weight excluding hydrogens is 416 g/mol. The van der Waals surface area contributed by atoms with Gasteiger partial charge in [0.2, 0.25) is 0 Å². The van der Waals surface area contributed by atoms with E-state index in [-0.39, 0.29) is 11.7 Å². The lowest BCUT2D eigenvalue weighted by atomic mass is 10.0. The van der Waals surface area contributed by atoms with Crippen LogP contribution in [-0.2, 0) is 0 Å². The van der Waals surface area contributed by atoms with Crippen molar-refractivity contribution in [1.29, 1.82) is 0 Å². The summed E-state index contributed by atoms with van der Waals surface area (Å²) in [7, 11) is 0. The number of carbonyl (C=O) groups excluding carboxylic acids is 1. The van der Waals surface area contributed by atoms with Crippen LogP contribution in [0.3, 0.4) is 0 Å². The molecule has 4 aromatic rings. The van der Waals surface area contributed by atoms with Crippen molar-refractivity contribution in [2.45, 2.75) is 25.8 Å². The molecule has 8 nitrogen and oxygen atoms in total. The summed E-state index contributed by atoms with van der Waals surface area (Å²) in [5.74, 6) is -1.53. The highest BCUT2D eigenvalue weighted by Crippen LogP contribution is 2.37. The van der Waals surface area contributed by atoms with Gasteiger partial charge in [-0.3, -0.25) is 9.78 Å². The molecule has 10 heteroatoms. The van der Waals surface area contributed by atoms with E-state index < -0.39 is 17.5 Å². The van der Waals surface area contributed by atoms with Gasteiger partial charge in [0.15, 0.2) is 17.3 Å². The fourth-order valence-electron chi connectivity index (χ4n) is 3.95. The Bertz CT molecular complexity index is 1310. The van der Waals surface area contributed by atoms with Gasteiger partial charge in [0.1, 0.15) is 17.2 Å². The minimum atomic E-state index is -0.863. The van der Waals surface area contributed by atoms with Crippen LogP contribution in [-0.4, -0.2) is 37.0 Å². The summed E-state index contributed by atoms with van der Waals surface area (Å²) in [6.07, 6.45) is 7.64. The quantitative estimate of drug-likeness (QED) is 0.526. The maximum Gasteiger partial charge on any atom is 0.276 e. The number of anilines is 2. The zero-order valence-electron chi connectivity index (χ0n) is 17.2. The van der Waals surface area contributed by atoms with Crippen molar-refractivity contribution < 1.29 is 13.6 Å². The molecule has 1 N–H and O–H groups in total. The number of carbonyl (C=O) groups is 1. The molecule has 32 heavy (non-hydrogen) atoms. The van der Waals surface area contributed by atoms with Gasteiger partial charge < -0.3 is 10.2 Å². The molecule has 1 fully saturated rings. The number of hydrogen-bond donors (Lipinski definition) is 1. The molecule has 3 aromatic heterocycles. The predicted octanol–water partition coefficient (Wildman–Crippen LogP) is 3.70. The fraction of sp³-hybridized carbons (Fsp3) is 0.227. The number of fused-ring (bicyclic) bond motifs is 1. The van der Waals surface area contributed by atoms with Gasteiger partial charge in [-0.2, -0.15) is 5.10 Å². The van der Waals surface area contributed by atoms with Crippen molar-refractivity contribution in [3.05, 3.63) is 77.6 Å². The summed E-state index contributed by atoms with van der Waals surface area (Å²) in [5.41, 5.74) is 2.03. The van der Waals surface area contributed by atoms with Crippen LogP contribution in [0.4, 0.5) is 20.3 Å². The summed E-state index contributed by atoms with van der Waals surface area (Å²) in [4.78, 5) is 27.3. The maximum absolute atomic E-state index is 14.4. The first-order valence-electron chi connectivity index (χ1n) is 10.2. The first kappa shape index (κ1) is 20.0. The minimum absolute atomic E-state index is 0.173. The van der Waals surface area contributed by atoms with Gasteiger partial charge in [0.25, 0.3) is 5.91 Å². The molecule has 1 saturated heterocycles. The molecule has 1 unspecified atom stereocenters. The fourth-order valence-corrected chi connectivity index (χ4v) is 3.95. The number of benzene rings is 1. The van der Waals surface area contributed by atoms with Crippen LogP contribution < -0.4 is 10.2 Å². The zero-order valence-corrected chi connectivity index (χ0v) is 17.2. The lowest BCUT2D eigenvalue weighted by Crippen LogP contribution is -2.24. The van der Waals surface area contributed by atoms with Gasteiger partial charge in [-0.05, 0) is 31.9 Å². The predicted molar refractivity (Wildman–Crippen MR) is 113 cm³/mol. The van der Waals surface area contributed by atoms with E-state index in [1.165, 1.54) is 29.2 Å². The van der Waals surface area contributed by atoms with E-state index in [9.17, 15) is 13.6 Å². The summed E-state index contributed by atoms with van der Waals surface area (Å²) in [6.45, 7) is 2.44. The number of hydrogen-bond acceptors (Lipinski definition) is 6. The molecule has 5 rings (SSSR count). The van der Waals surface area contributed by atoms with Crippen molar-refractivity contribution in [3.63, 3.8) is 0 Å². The number of nitrogens with zero attached hydrogens (tertiary/aromatic N) is 6. The van der Waals surface area contributed by atoms with E-state index in [1.54, 1.807) is 25.3 Å². The number of nitrogens with one attached hydrogen (secondary N) is 1. The van der Waals surface area contributed by atoms with Crippen LogP contribution in [0, 0.1) is 18.6 Å². The van der Waals surface area contributed by atoms with E-state index in [0.29, 0.717) is 41.4 Å². The number of amides is 1. The Morgan fingerprint density at radius 3 is 2.84 bits per heavy atom. The van der Waals surface area contributed by atoms with Crippen LogP contribution in [0.2, 0.25) is 0 Å². The van der Waals surface area contributed by atoms with Crippen LogP contribution >= 0.6 is 0 Å². The monoisotopic (exact) mass is 435 g/mol. The Morgan fingerprint density at radius 2 is 2.03 bits per heavy atom. The molecule has 1 atom stereocenters. The number of aromatic nitrogens is 5. The summed E-state index contributed by atoms with van der Waals surface area (Å²) < 4.78 is 29.8. The maximum atomic E-state index is 14.4. The van der Waals surface area contributed by atoms with Gasteiger partial charge in [-0.15, -0.1) is 0 Å². The molecular formula is C22H19F2N7O. The molecule has 4 heterocycles. The molecule has 0 spiro atoms. The van der Waals surface area contributed by atoms with Gasteiger partial charge in [0, 0.05) is 24.5 Å². The van der Waals surface area contributed by atoms with Gasteiger partial charge in [-0.1, -0.05) is 12.1 Å². The lowest BCUT2D eigenvalue weighted by Gasteiger charge is -2.26. The third kappa shape index (κ3) is 3.53. The van der Waals surface area contributed by atoms with Crippen LogP contribution in [0.1, 0.15) is 40.6 Å². The molecule has 1 aliphatic heterocycles. The smallest absolute Gasteiger partial charge is 0.276 e. The molecule has 0 saturated carbocycles. The molecule has 1 aliphatic rings. The average molecular weight is 435 g/mol. The molecule has 0 aliphatic carbocycles. The van der Waals surface area contributed by atoms with Gasteiger partial charge in [-0.25, -0.2) is 23.3 Å². The second-order valence-electron chi connectivity index (χ2n) is 7.60. The van der Waals surface area contributed by atoms with E-state index in [4.69, 9.17) is 0 Å². The molecule has 1 aromatic carbocycles. The zero-order chi connectivity index (χ0) is 22.2. The lowest BCUT2D eigenvalue weighted by molar-refractivity contribution is 0.102. The second kappa shape index (κ2) is 7.95. The molecule has 0 radical (unpaired) electrons. The SMILES string of the molecule is Cc1cnc(C(=O)Nc2cnn3ccc(N4CCCC4c4cccc(F)c4F)nc23)cn1. The third-order valence-corrected chi connectivity index (χ3v) is 5.50. The molecule has 0 bridgehead atoms. The molecule has 1 amide bonds. The Balaban J connectivity index is 1.46. The first-order valence-corrected chi connectivity index (χ1v) is 10.2. The summed E-state index contributed by atoms with van der Waals surface area (Å²) >= 11 is 0. The molecule has 162 valence electrons. The topological polar surface area (TPSA) is 88.3 Å². The van der Waals surface area contributed by atoms with Crippen LogP contribution in [0.5, 0.6) is 0 Å². The van der Waals surface area contributed by atoms with Crippen molar-refractivity contribution in [3.8, 4) is 0 Å². The third-order valence-electron chi connectivity index (χ3n) is 5.50. The van der Waals surface area contributed by atoms with Crippen molar-refractivity contribution >= 4 is 23.1 Å². The number of aryl methyl sites for hydroxylation is 1. The number of rotatable bonds is 4. The standard InChI is InChI=1S/C22H19F2N7O/c1-13-10-26-17(11-25-13)22(32)28-16-12-27-31-9-7-19(29-21(16)31)30-8-3-6-18(30)14-4-2-5-15(23)20(14)24/h2,4-5,7,9-12,18H,3,6,8H2,1H3,(H,28,32). The average Bonchev–Trinajstić information content (AvgIpc) is 3.43. The van der Waals surface area contributed by atoms with E-state index in [2.05, 4.69) is 25.4 Å². The largest absolute Gasteiger partial charge is 0.349 e. The Hall–Kier alpha value is -3.95. The summed E-state index contributed by atoms with van der Waals surface area (Å²) in [5, 5.41) is 6.99. The van der Waals surface area contributed by atoms with Crippen molar-refractivity contribution in [2.24, 2.45) is 0 Å². The van der Waals surface area contributed by atoms with Crippen molar-refractivity contribution in [1.82, 2.24) is 24.6 Å². The highest BCUT2D eigenvalue weighted by atomic mass is 19.2. The van der Waals surface area contributed by atoms with Crippen LogP contribution in [0.25, 0.3) is 5.65 Å². The van der Waals surface area contributed by atoms with Crippen LogP contribution in [0.15, 0.2) is 49.1 Å². The van der Waals surface area contributed by atoms with Crippen molar-refractivity contribution in [2.75, 3.05) is 16.8 Å². The van der Waals surface area contributed by atoms with Gasteiger partial charge >= 0.3 is 0 Å². The van der Waals surface area contributed by atoms with Gasteiger partial charge in [0.05, 0.1) is 24.1 Å². The van der Waals surface area contributed by atoms with E-state index in [0.717, 1.165) is 12.5 Å². The Morgan fingerprint density at radius 1 is 1.16 bits per heavy atom. The highest BCUT2D eigenvalue weighted by Gasteiger charge is 2.30. The van der Waals surface area contributed by atoms with E-state index in [1.807, 2.05) is 4.90 Å². The first-order chi connectivity index (χ1) is 15.5. The Labute approximate surface area is 181 Å². The second-order valence-corrected chi connectivity index (χ2v) is 7.60. The normalized spacial score (nSPS) is 16.0. The number of halogens is 2. The highest BCUT2D eigenvalue weighted by molar-refractivity contribution is 6.04.